The van der Waals surface area contributed by atoms with Gasteiger partial charge in [-0.25, -0.2) is 0 Å². The van der Waals surface area contributed by atoms with Crippen molar-refractivity contribution in [2.75, 3.05) is 18.5 Å². The van der Waals surface area contributed by atoms with Crippen molar-refractivity contribution in [1.29, 1.82) is 5.26 Å². The number of hydrogen-bond donors (Lipinski definition) is 2. The van der Waals surface area contributed by atoms with Crippen molar-refractivity contribution in [1.82, 2.24) is 0 Å². The van der Waals surface area contributed by atoms with E-state index in [1.54, 1.807) is 12.1 Å². The van der Waals surface area contributed by atoms with E-state index in [0.717, 1.165) is 11.3 Å². The van der Waals surface area contributed by atoms with Gasteiger partial charge in [-0.3, -0.25) is 0 Å². The quantitative estimate of drug-likeness (QED) is 0.729. The van der Waals surface area contributed by atoms with Crippen molar-refractivity contribution in [2.45, 2.75) is 6.92 Å². The molecule has 0 bridgehead atoms. The van der Waals surface area contributed by atoms with Crippen LogP contribution in [-0.2, 0) is 0 Å². The van der Waals surface area contributed by atoms with Crippen LogP contribution in [0.5, 0.6) is 0 Å². The summed E-state index contributed by atoms with van der Waals surface area (Å²) in [5.41, 5.74) is 2.62. The van der Waals surface area contributed by atoms with Crippen molar-refractivity contribution >= 4 is 5.69 Å². The average Bonchev–Trinajstić information content (AvgIpc) is 2.17. The fourth-order valence-electron chi connectivity index (χ4n) is 1.07. The number of nitriles is 1. The largest absolute Gasteiger partial charge is 0.395 e. The number of nitrogens with one attached hydrogen (secondary N) is 1. The molecule has 0 aliphatic carbocycles. The van der Waals surface area contributed by atoms with E-state index in [1.807, 2.05) is 13.0 Å². The maximum atomic E-state index is 8.65. The van der Waals surface area contributed by atoms with Gasteiger partial charge >= 0.3 is 0 Å². The number of anilines is 1. The third kappa shape index (κ3) is 2.46. The second-order valence-corrected chi connectivity index (χ2v) is 2.79. The molecule has 0 saturated carbocycles. The first-order valence-corrected chi connectivity index (χ1v) is 4.13. The average molecular weight is 176 g/mol. The summed E-state index contributed by atoms with van der Waals surface area (Å²) in [7, 11) is 0. The van der Waals surface area contributed by atoms with Crippen LogP contribution in [0.15, 0.2) is 18.2 Å². The zero-order valence-electron chi connectivity index (χ0n) is 7.54. The Kier molecular flexibility index (Phi) is 3.30. The Morgan fingerprint density at radius 1 is 1.54 bits per heavy atom. The molecule has 0 atom stereocenters. The van der Waals surface area contributed by atoms with E-state index < -0.39 is 0 Å². The molecule has 0 amide bonds. The van der Waals surface area contributed by atoms with Gasteiger partial charge in [-0.1, -0.05) is 6.07 Å². The summed E-state index contributed by atoms with van der Waals surface area (Å²) in [6, 6.07) is 7.52. The van der Waals surface area contributed by atoms with Crippen molar-refractivity contribution < 1.29 is 5.11 Å². The van der Waals surface area contributed by atoms with Gasteiger partial charge in [0.2, 0.25) is 0 Å². The molecule has 3 nitrogen and oxygen atoms in total. The van der Waals surface area contributed by atoms with E-state index in [2.05, 4.69) is 11.4 Å². The first-order chi connectivity index (χ1) is 6.27. The van der Waals surface area contributed by atoms with Crippen LogP contribution in [0, 0.1) is 18.3 Å². The lowest BCUT2D eigenvalue weighted by Gasteiger charge is -2.07. The van der Waals surface area contributed by atoms with Gasteiger partial charge in [-0.2, -0.15) is 5.26 Å². The Balaban J connectivity index is 2.85. The minimum atomic E-state index is 0.0935. The minimum absolute atomic E-state index is 0.0935. The van der Waals surface area contributed by atoms with Crippen LogP contribution in [0.4, 0.5) is 5.69 Å². The Morgan fingerprint density at radius 3 is 2.92 bits per heavy atom. The summed E-state index contributed by atoms with van der Waals surface area (Å²) in [5.74, 6) is 0. The normalized spacial score (nSPS) is 9.31. The van der Waals surface area contributed by atoms with E-state index in [-0.39, 0.29) is 6.61 Å². The highest BCUT2D eigenvalue weighted by Crippen LogP contribution is 2.15. The third-order valence-electron chi connectivity index (χ3n) is 1.79. The number of nitrogens with zero attached hydrogens (tertiary/aromatic N) is 1. The Labute approximate surface area is 77.6 Å². The van der Waals surface area contributed by atoms with Crippen LogP contribution < -0.4 is 5.32 Å². The molecule has 3 heteroatoms. The third-order valence-corrected chi connectivity index (χ3v) is 1.79. The van der Waals surface area contributed by atoms with Crippen molar-refractivity contribution in [3.8, 4) is 6.07 Å². The Bertz CT molecular complexity index is 328. The number of hydrogen-bond acceptors (Lipinski definition) is 3. The zero-order chi connectivity index (χ0) is 9.68. The molecule has 1 rings (SSSR count). The number of aryl methyl sites for hydroxylation is 1. The molecule has 68 valence electrons. The van der Waals surface area contributed by atoms with Gasteiger partial charge in [0.25, 0.3) is 0 Å². The molecule has 0 fully saturated rings. The van der Waals surface area contributed by atoms with Crippen LogP contribution in [0.2, 0.25) is 0 Å². The fraction of sp³-hybridized carbons (Fsp3) is 0.300. The molecule has 13 heavy (non-hydrogen) atoms. The lowest BCUT2D eigenvalue weighted by Crippen LogP contribution is -2.06. The lowest BCUT2D eigenvalue weighted by molar-refractivity contribution is 0.311. The van der Waals surface area contributed by atoms with Crippen LogP contribution in [0.1, 0.15) is 11.1 Å². The second kappa shape index (κ2) is 4.48. The van der Waals surface area contributed by atoms with Crippen molar-refractivity contribution in [3.63, 3.8) is 0 Å². The van der Waals surface area contributed by atoms with Gasteiger partial charge in [0.1, 0.15) is 0 Å². The van der Waals surface area contributed by atoms with Gasteiger partial charge in [0.15, 0.2) is 0 Å². The predicted octanol–water partition coefficient (Wildman–Crippen LogP) is 1.27. The fourth-order valence-corrected chi connectivity index (χ4v) is 1.07. The van der Waals surface area contributed by atoms with Gasteiger partial charge in [0, 0.05) is 12.2 Å². The van der Waals surface area contributed by atoms with E-state index in [9.17, 15) is 0 Å². The second-order valence-electron chi connectivity index (χ2n) is 2.79. The molecule has 0 aliphatic rings. The van der Waals surface area contributed by atoms with Crippen LogP contribution in [0.25, 0.3) is 0 Å². The molecule has 1 aromatic rings. The molecule has 1 aromatic carbocycles. The van der Waals surface area contributed by atoms with Crippen molar-refractivity contribution in [3.05, 3.63) is 29.3 Å². The SMILES string of the molecule is Cc1ccc(C#N)cc1NCCO. The van der Waals surface area contributed by atoms with E-state index in [0.29, 0.717) is 12.1 Å². The number of aliphatic hydroxyl groups is 1. The molecule has 0 radical (unpaired) electrons. The molecule has 0 spiro atoms. The van der Waals surface area contributed by atoms with Gasteiger partial charge in [-0.05, 0) is 24.6 Å². The molecular weight excluding hydrogens is 164 g/mol. The summed E-state index contributed by atoms with van der Waals surface area (Å²) < 4.78 is 0. The number of aliphatic hydroxyl groups excluding tert-OH is 1. The summed E-state index contributed by atoms with van der Waals surface area (Å²) in [5, 5.41) is 20.3. The van der Waals surface area contributed by atoms with Crippen molar-refractivity contribution in [2.24, 2.45) is 0 Å². The summed E-state index contributed by atoms with van der Waals surface area (Å²) >= 11 is 0. The first-order valence-electron chi connectivity index (χ1n) is 4.13. The highest BCUT2D eigenvalue weighted by molar-refractivity contribution is 5.55. The van der Waals surface area contributed by atoms with E-state index >= 15 is 0 Å². The van der Waals surface area contributed by atoms with Crippen LogP contribution in [-0.4, -0.2) is 18.3 Å². The molecule has 0 aliphatic heterocycles. The molecule has 2 N–H and O–H groups in total. The summed E-state index contributed by atoms with van der Waals surface area (Å²) in [6.45, 7) is 2.56. The monoisotopic (exact) mass is 176 g/mol. The predicted molar refractivity (Wildman–Crippen MR) is 51.5 cm³/mol. The Hall–Kier alpha value is -1.53. The minimum Gasteiger partial charge on any atom is -0.395 e. The van der Waals surface area contributed by atoms with Gasteiger partial charge in [0.05, 0.1) is 18.2 Å². The molecule has 0 aromatic heterocycles. The van der Waals surface area contributed by atoms with Crippen LogP contribution in [0.3, 0.4) is 0 Å². The van der Waals surface area contributed by atoms with E-state index in [4.69, 9.17) is 10.4 Å². The van der Waals surface area contributed by atoms with Crippen LogP contribution >= 0.6 is 0 Å². The first kappa shape index (κ1) is 9.56. The molecule has 0 unspecified atom stereocenters. The highest BCUT2D eigenvalue weighted by Gasteiger charge is 1.98. The smallest absolute Gasteiger partial charge is 0.0992 e. The van der Waals surface area contributed by atoms with E-state index in [1.165, 1.54) is 0 Å². The van der Waals surface area contributed by atoms with Gasteiger partial charge in [-0.15, -0.1) is 0 Å². The summed E-state index contributed by atoms with van der Waals surface area (Å²) in [4.78, 5) is 0. The number of rotatable bonds is 3. The standard InChI is InChI=1S/C10H12N2O/c1-8-2-3-9(7-11)6-10(8)12-4-5-13/h2-3,6,12-13H,4-5H2,1H3. The van der Waals surface area contributed by atoms with Gasteiger partial charge < -0.3 is 10.4 Å². The summed E-state index contributed by atoms with van der Waals surface area (Å²) in [6.07, 6.45) is 0. The Morgan fingerprint density at radius 2 is 2.31 bits per heavy atom. The maximum absolute atomic E-state index is 8.65. The topological polar surface area (TPSA) is 56.0 Å². The number of benzene rings is 1. The molecular formula is C10H12N2O. The maximum Gasteiger partial charge on any atom is 0.0992 e. The lowest BCUT2D eigenvalue weighted by atomic mass is 10.1. The zero-order valence-corrected chi connectivity index (χ0v) is 7.54. The molecule has 0 heterocycles. The molecule has 0 saturated heterocycles. The highest BCUT2D eigenvalue weighted by atomic mass is 16.3.